The molecule has 10 aromatic rings. The quantitative estimate of drug-likeness (QED) is 0.195. The smallest absolute Gasteiger partial charge is 0.160 e. The van der Waals surface area contributed by atoms with E-state index in [1.165, 1.54) is 48.9 Å². The predicted molar refractivity (Wildman–Crippen MR) is 205 cm³/mol. The normalized spacial score (nSPS) is 11.7. The average molecular weight is 624 g/mol. The molecule has 8 aromatic carbocycles. The third kappa shape index (κ3) is 4.59. The van der Waals surface area contributed by atoms with Gasteiger partial charge in [0.1, 0.15) is 0 Å². The fourth-order valence-corrected chi connectivity index (χ4v) is 7.30. The number of benzene rings is 8. The van der Waals surface area contributed by atoms with Gasteiger partial charge >= 0.3 is 0 Å². The molecule has 2 aromatic heterocycles. The van der Waals surface area contributed by atoms with Crippen LogP contribution in [0.4, 0.5) is 0 Å². The van der Waals surface area contributed by atoms with Gasteiger partial charge in [-0.25, -0.2) is 9.97 Å². The molecule has 0 saturated carbocycles. The van der Waals surface area contributed by atoms with Crippen LogP contribution in [0.3, 0.4) is 0 Å². The van der Waals surface area contributed by atoms with Gasteiger partial charge in [0, 0.05) is 33.0 Å². The highest BCUT2D eigenvalue weighted by Crippen LogP contribution is 2.38. The van der Waals surface area contributed by atoms with Gasteiger partial charge in [-0.05, 0) is 75.1 Å². The molecule has 3 heteroatoms. The van der Waals surface area contributed by atoms with Crippen LogP contribution in [0, 0.1) is 0 Å². The number of aromatic nitrogens is 3. The summed E-state index contributed by atoms with van der Waals surface area (Å²) < 4.78 is 2.42. The second kappa shape index (κ2) is 11.0. The minimum atomic E-state index is 0.736. The fraction of sp³-hybridized carbons (Fsp3) is 0. The van der Waals surface area contributed by atoms with Crippen LogP contribution in [-0.4, -0.2) is 14.5 Å². The molecule has 0 unspecified atom stereocenters. The van der Waals surface area contributed by atoms with E-state index in [2.05, 4.69) is 156 Å². The Balaban J connectivity index is 1.06. The van der Waals surface area contributed by atoms with Gasteiger partial charge in [-0.3, -0.25) is 0 Å². The van der Waals surface area contributed by atoms with E-state index in [4.69, 9.17) is 9.97 Å². The molecular weight excluding hydrogens is 595 g/mol. The van der Waals surface area contributed by atoms with Crippen LogP contribution in [0.25, 0.3) is 93.7 Å². The zero-order valence-corrected chi connectivity index (χ0v) is 26.6. The Morgan fingerprint density at radius 2 is 0.837 bits per heavy atom. The van der Waals surface area contributed by atoms with Gasteiger partial charge in [-0.1, -0.05) is 133 Å². The van der Waals surface area contributed by atoms with Gasteiger partial charge in [0.25, 0.3) is 0 Å². The zero-order valence-electron chi connectivity index (χ0n) is 26.6. The van der Waals surface area contributed by atoms with Crippen molar-refractivity contribution < 1.29 is 0 Å². The summed E-state index contributed by atoms with van der Waals surface area (Å²) in [6.45, 7) is 0. The van der Waals surface area contributed by atoms with E-state index in [0.717, 1.165) is 44.8 Å². The first-order valence-electron chi connectivity index (χ1n) is 16.7. The molecule has 0 radical (unpaired) electrons. The molecule has 0 spiro atoms. The Morgan fingerprint density at radius 3 is 1.45 bits per heavy atom. The molecule has 0 atom stereocenters. The van der Waals surface area contributed by atoms with Crippen molar-refractivity contribution in [1.82, 2.24) is 14.5 Å². The summed E-state index contributed by atoms with van der Waals surface area (Å²) in [6.07, 6.45) is 0. The molecule has 0 amide bonds. The fourth-order valence-electron chi connectivity index (χ4n) is 7.30. The minimum absolute atomic E-state index is 0.736. The summed E-state index contributed by atoms with van der Waals surface area (Å²) in [5, 5.41) is 8.59. The van der Waals surface area contributed by atoms with Crippen LogP contribution in [0.2, 0.25) is 0 Å². The number of hydrogen-bond acceptors (Lipinski definition) is 2. The number of nitrogens with zero attached hydrogens (tertiary/aromatic N) is 3. The summed E-state index contributed by atoms with van der Waals surface area (Å²) >= 11 is 0. The van der Waals surface area contributed by atoms with Crippen molar-refractivity contribution >= 4 is 54.3 Å². The lowest BCUT2D eigenvalue weighted by molar-refractivity contribution is 1.18. The lowest BCUT2D eigenvalue weighted by Gasteiger charge is -2.12. The summed E-state index contributed by atoms with van der Waals surface area (Å²) in [5.41, 5.74) is 9.88. The maximum atomic E-state index is 5.06. The summed E-state index contributed by atoms with van der Waals surface area (Å²) in [6, 6.07) is 62.8. The van der Waals surface area contributed by atoms with E-state index in [9.17, 15) is 0 Å². The van der Waals surface area contributed by atoms with E-state index < -0.39 is 0 Å². The predicted octanol–water partition coefficient (Wildman–Crippen LogP) is 12.0. The molecule has 3 nitrogen and oxygen atoms in total. The summed E-state index contributed by atoms with van der Waals surface area (Å²) in [5.74, 6) is 0.736. The SMILES string of the molecule is c1ccc(-c2nc(-c3ccc(-c4ccc(-n5c6cc7ccccc7cc6c6cc7ccccc7cc65)cc4)cc3)c3ccccc3n2)cc1. The first-order valence-corrected chi connectivity index (χ1v) is 16.7. The van der Waals surface area contributed by atoms with Crippen molar-refractivity contribution in [3.8, 4) is 39.5 Å². The highest BCUT2D eigenvalue weighted by molar-refractivity contribution is 6.16. The molecule has 0 saturated heterocycles. The maximum absolute atomic E-state index is 5.06. The summed E-state index contributed by atoms with van der Waals surface area (Å²) in [7, 11) is 0. The van der Waals surface area contributed by atoms with E-state index in [1.54, 1.807) is 0 Å². The lowest BCUT2D eigenvalue weighted by Crippen LogP contribution is -1.95. The molecule has 10 rings (SSSR count). The van der Waals surface area contributed by atoms with Crippen molar-refractivity contribution in [3.63, 3.8) is 0 Å². The number of para-hydroxylation sites is 1. The molecule has 0 N–H and O–H groups in total. The van der Waals surface area contributed by atoms with Crippen LogP contribution in [0.5, 0.6) is 0 Å². The molecule has 0 aliphatic rings. The minimum Gasteiger partial charge on any atom is -0.309 e. The van der Waals surface area contributed by atoms with Crippen molar-refractivity contribution in [2.24, 2.45) is 0 Å². The lowest BCUT2D eigenvalue weighted by atomic mass is 10.0. The number of rotatable bonds is 4. The Labute approximate surface area is 283 Å². The van der Waals surface area contributed by atoms with Crippen LogP contribution >= 0.6 is 0 Å². The molecule has 49 heavy (non-hydrogen) atoms. The van der Waals surface area contributed by atoms with Crippen LogP contribution in [0.1, 0.15) is 0 Å². The standard InChI is InChI=1S/C46H29N3/c1-2-10-33(11-3-1)46-47-42-17-9-8-16-39(42)45(48-46)32-20-18-30(19-21-32)31-22-24-38(25-23-31)49-43-28-36-14-6-4-12-34(36)26-40(43)41-27-35-13-5-7-15-37(35)29-44(41)49/h1-29H. The van der Waals surface area contributed by atoms with E-state index in [0.29, 0.717) is 0 Å². The first kappa shape index (κ1) is 27.5. The van der Waals surface area contributed by atoms with Crippen molar-refractivity contribution in [2.45, 2.75) is 0 Å². The monoisotopic (exact) mass is 623 g/mol. The van der Waals surface area contributed by atoms with Crippen molar-refractivity contribution in [1.29, 1.82) is 0 Å². The Morgan fingerprint density at radius 1 is 0.347 bits per heavy atom. The van der Waals surface area contributed by atoms with Crippen LogP contribution in [0.15, 0.2) is 176 Å². The van der Waals surface area contributed by atoms with Gasteiger partial charge in [0.15, 0.2) is 5.82 Å². The van der Waals surface area contributed by atoms with Gasteiger partial charge in [0.2, 0.25) is 0 Å². The topological polar surface area (TPSA) is 30.7 Å². The molecule has 228 valence electrons. The van der Waals surface area contributed by atoms with Gasteiger partial charge in [-0.15, -0.1) is 0 Å². The maximum Gasteiger partial charge on any atom is 0.160 e. The van der Waals surface area contributed by atoms with E-state index in [-0.39, 0.29) is 0 Å². The third-order valence-electron chi connectivity index (χ3n) is 9.75. The van der Waals surface area contributed by atoms with Crippen molar-refractivity contribution in [2.75, 3.05) is 0 Å². The van der Waals surface area contributed by atoms with Crippen LogP contribution < -0.4 is 0 Å². The second-order valence-electron chi connectivity index (χ2n) is 12.7. The van der Waals surface area contributed by atoms with Gasteiger partial charge in [-0.2, -0.15) is 0 Å². The average Bonchev–Trinajstić information content (AvgIpc) is 3.47. The molecule has 0 aliphatic heterocycles. The van der Waals surface area contributed by atoms with E-state index >= 15 is 0 Å². The van der Waals surface area contributed by atoms with Crippen molar-refractivity contribution in [3.05, 3.63) is 176 Å². The highest BCUT2D eigenvalue weighted by atomic mass is 15.0. The van der Waals surface area contributed by atoms with E-state index in [1.807, 2.05) is 24.3 Å². The van der Waals surface area contributed by atoms with Gasteiger partial charge < -0.3 is 4.57 Å². The number of fused-ring (bicyclic) bond motifs is 6. The molecular formula is C46H29N3. The second-order valence-corrected chi connectivity index (χ2v) is 12.7. The van der Waals surface area contributed by atoms with Crippen LogP contribution in [-0.2, 0) is 0 Å². The Bertz CT molecular complexity index is 2760. The Kier molecular flexibility index (Phi) is 6.18. The van der Waals surface area contributed by atoms with Gasteiger partial charge in [0.05, 0.1) is 22.2 Å². The zero-order chi connectivity index (χ0) is 32.3. The molecule has 2 heterocycles. The molecule has 0 fully saturated rings. The third-order valence-corrected chi connectivity index (χ3v) is 9.75. The molecule has 0 bridgehead atoms. The highest BCUT2D eigenvalue weighted by Gasteiger charge is 2.16. The Hall–Kier alpha value is -6.58. The summed E-state index contributed by atoms with van der Waals surface area (Å²) in [4.78, 5) is 9.94. The first-order chi connectivity index (χ1) is 24.3. The largest absolute Gasteiger partial charge is 0.309 e. The molecule has 0 aliphatic carbocycles. The number of hydrogen-bond donors (Lipinski definition) is 0.